The molecule has 0 aromatic heterocycles. The molecule has 0 unspecified atom stereocenters. The molecule has 2 aromatic carbocycles. The topological polar surface area (TPSA) is 73.9 Å². The molecular formula is C20H18ClNO5S. The Morgan fingerprint density at radius 3 is 2.43 bits per heavy atom. The summed E-state index contributed by atoms with van der Waals surface area (Å²) in [7, 11) is 0. The quantitative estimate of drug-likeness (QED) is 0.501. The van der Waals surface area contributed by atoms with Gasteiger partial charge in [0.05, 0.1) is 16.5 Å². The second kappa shape index (κ2) is 9.52. The number of halogens is 1. The lowest BCUT2D eigenvalue weighted by Crippen LogP contribution is -2.17. The summed E-state index contributed by atoms with van der Waals surface area (Å²) in [6, 6.07) is 12.5. The third-order valence-corrected chi connectivity index (χ3v) is 4.77. The highest BCUT2D eigenvalue weighted by Gasteiger charge is 2.25. The maximum atomic E-state index is 11.7. The van der Waals surface area contributed by atoms with Gasteiger partial charge in [-0.05, 0) is 54.6 Å². The van der Waals surface area contributed by atoms with Crippen molar-refractivity contribution in [1.29, 1.82) is 0 Å². The highest BCUT2D eigenvalue weighted by molar-refractivity contribution is 8.18. The van der Waals surface area contributed by atoms with E-state index in [-0.39, 0.29) is 5.24 Å². The van der Waals surface area contributed by atoms with Gasteiger partial charge in [-0.25, -0.2) is 0 Å². The fourth-order valence-corrected chi connectivity index (χ4v) is 3.31. The van der Waals surface area contributed by atoms with Crippen LogP contribution in [0.15, 0.2) is 47.4 Å². The summed E-state index contributed by atoms with van der Waals surface area (Å²) in [6.45, 7) is 2.95. The lowest BCUT2D eigenvalue weighted by Gasteiger charge is -2.13. The van der Waals surface area contributed by atoms with E-state index in [1.54, 1.807) is 36.4 Å². The van der Waals surface area contributed by atoms with Crippen LogP contribution in [0.4, 0.5) is 4.79 Å². The van der Waals surface area contributed by atoms with Crippen LogP contribution in [0.5, 0.6) is 17.2 Å². The molecule has 8 heteroatoms. The predicted molar refractivity (Wildman–Crippen MR) is 109 cm³/mol. The molecule has 0 saturated carbocycles. The van der Waals surface area contributed by atoms with Crippen LogP contribution in [-0.2, 0) is 4.79 Å². The predicted octanol–water partition coefficient (Wildman–Crippen LogP) is 4.52. The Labute approximate surface area is 171 Å². The van der Waals surface area contributed by atoms with Crippen LogP contribution in [-0.4, -0.2) is 31.0 Å². The van der Waals surface area contributed by atoms with E-state index < -0.39 is 5.91 Å². The summed E-state index contributed by atoms with van der Waals surface area (Å²) >= 11 is 6.92. The van der Waals surface area contributed by atoms with E-state index in [9.17, 15) is 9.59 Å². The largest absolute Gasteiger partial charge is 0.490 e. The van der Waals surface area contributed by atoms with Gasteiger partial charge < -0.3 is 14.2 Å². The van der Waals surface area contributed by atoms with Gasteiger partial charge in [-0.1, -0.05) is 29.8 Å². The molecule has 2 amide bonds. The van der Waals surface area contributed by atoms with Crippen molar-refractivity contribution in [3.05, 3.63) is 58.0 Å². The van der Waals surface area contributed by atoms with Crippen molar-refractivity contribution in [2.75, 3.05) is 19.8 Å². The number of amides is 2. The van der Waals surface area contributed by atoms with Gasteiger partial charge in [-0.15, -0.1) is 0 Å². The van der Waals surface area contributed by atoms with Crippen LogP contribution in [0.25, 0.3) is 6.08 Å². The normalized spacial score (nSPS) is 14.9. The van der Waals surface area contributed by atoms with E-state index in [2.05, 4.69) is 5.32 Å². The molecule has 1 aliphatic rings. The standard InChI is InChI=1S/C20H18ClNO5S/c1-2-25-17-11-13(12-18-19(23)22-20(24)28-18)7-8-16(17)27-10-9-26-15-6-4-3-5-14(15)21/h3-8,11-12H,2,9-10H2,1H3,(H,22,23,24)/b18-12-. The number of hydrogen-bond acceptors (Lipinski definition) is 6. The average molecular weight is 420 g/mol. The van der Waals surface area contributed by atoms with E-state index in [1.165, 1.54) is 0 Å². The number of carbonyl (C=O) groups excluding carboxylic acids is 2. The molecule has 3 rings (SSSR count). The molecule has 1 saturated heterocycles. The molecule has 28 heavy (non-hydrogen) atoms. The van der Waals surface area contributed by atoms with Gasteiger partial charge in [-0.3, -0.25) is 14.9 Å². The Hall–Kier alpha value is -2.64. The molecule has 0 atom stereocenters. The molecular weight excluding hydrogens is 402 g/mol. The maximum Gasteiger partial charge on any atom is 0.290 e. The average Bonchev–Trinajstić information content (AvgIpc) is 2.99. The fourth-order valence-electron chi connectivity index (χ4n) is 2.44. The molecule has 2 aromatic rings. The first-order valence-corrected chi connectivity index (χ1v) is 9.78. The summed E-state index contributed by atoms with van der Waals surface area (Å²) in [5.41, 5.74) is 0.732. The van der Waals surface area contributed by atoms with Gasteiger partial charge in [-0.2, -0.15) is 0 Å². The molecule has 0 spiro atoms. The van der Waals surface area contributed by atoms with Crippen molar-refractivity contribution in [3.63, 3.8) is 0 Å². The van der Waals surface area contributed by atoms with E-state index in [4.69, 9.17) is 25.8 Å². The first kappa shape index (κ1) is 20.1. The minimum atomic E-state index is -0.398. The molecule has 1 N–H and O–H groups in total. The van der Waals surface area contributed by atoms with Gasteiger partial charge >= 0.3 is 0 Å². The number of thioether (sulfide) groups is 1. The zero-order valence-electron chi connectivity index (χ0n) is 15.1. The van der Waals surface area contributed by atoms with Gasteiger partial charge in [0.25, 0.3) is 11.1 Å². The van der Waals surface area contributed by atoms with Crippen LogP contribution in [0.1, 0.15) is 12.5 Å². The van der Waals surface area contributed by atoms with Gasteiger partial charge in [0.1, 0.15) is 19.0 Å². The monoisotopic (exact) mass is 419 g/mol. The first-order chi connectivity index (χ1) is 13.6. The second-order valence-electron chi connectivity index (χ2n) is 5.62. The molecule has 0 radical (unpaired) electrons. The van der Waals surface area contributed by atoms with Gasteiger partial charge in [0.15, 0.2) is 11.5 Å². The van der Waals surface area contributed by atoms with E-state index in [1.807, 2.05) is 19.1 Å². The summed E-state index contributed by atoms with van der Waals surface area (Å²) in [6.07, 6.45) is 1.64. The highest BCUT2D eigenvalue weighted by Crippen LogP contribution is 2.32. The van der Waals surface area contributed by atoms with Crippen LogP contribution >= 0.6 is 23.4 Å². The number of hydrogen-bond donors (Lipinski definition) is 1. The van der Waals surface area contributed by atoms with Crippen LogP contribution < -0.4 is 19.5 Å². The van der Waals surface area contributed by atoms with Crippen molar-refractivity contribution < 1.29 is 23.8 Å². The number of ether oxygens (including phenoxy) is 3. The lowest BCUT2D eigenvalue weighted by atomic mass is 10.2. The number of nitrogens with one attached hydrogen (secondary N) is 1. The summed E-state index contributed by atoms with van der Waals surface area (Å²) in [5, 5.41) is 2.40. The Bertz CT molecular complexity index is 915. The van der Waals surface area contributed by atoms with Crippen molar-refractivity contribution in [2.45, 2.75) is 6.92 Å². The Morgan fingerprint density at radius 1 is 1.00 bits per heavy atom. The molecule has 1 fully saturated rings. The van der Waals surface area contributed by atoms with Crippen LogP contribution in [0.3, 0.4) is 0 Å². The summed E-state index contributed by atoms with van der Waals surface area (Å²) < 4.78 is 17.0. The maximum absolute atomic E-state index is 11.7. The van der Waals surface area contributed by atoms with Crippen LogP contribution in [0.2, 0.25) is 5.02 Å². The summed E-state index contributed by atoms with van der Waals surface area (Å²) in [5.74, 6) is 1.31. The smallest absolute Gasteiger partial charge is 0.290 e. The molecule has 1 heterocycles. The Balaban J connectivity index is 1.64. The molecule has 1 aliphatic heterocycles. The van der Waals surface area contributed by atoms with E-state index >= 15 is 0 Å². The summed E-state index contributed by atoms with van der Waals surface area (Å²) in [4.78, 5) is 23.3. The second-order valence-corrected chi connectivity index (χ2v) is 7.04. The zero-order chi connectivity index (χ0) is 19.9. The number of para-hydroxylation sites is 1. The number of imide groups is 1. The van der Waals surface area contributed by atoms with Gasteiger partial charge in [0.2, 0.25) is 0 Å². The molecule has 146 valence electrons. The first-order valence-electron chi connectivity index (χ1n) is 8.58. The van der Waals surface area contributed by atoms with E-state index in [0.29, 0.717) is 47.0 Å². The highest BCUT2D eigenvalue weighted by atomic mass is 35.5. The van der Waals surface area contributed by atoms with Crippen molar-refractivity contribution in [2.24, 2.45) is 0 Å². The minimum absolute atomic E-state index is 0.304. The molecule has 0 bridgehead atoms. The minimum Gasteiger partial charge on any atom is -0.490 e. The van der Waals surface area contributed by atoms with Gasteiger partial charge in [0, 0.05) is 0 Å². The number of benzene rings is 2. The number of rotatable bonds is 8. The fraction of sp³-hybridized carbons (Fsp3) is 0.200. The Morgan fingerprint density at radius 2 is 1.75 bits per heavy atom. The lowest BCUT2D eigenvalue weighted by molar-refractivity contribution is -0.115. The Kier molecular flexibility index (Phi) is 6.84. The van der Waals surface area contributed by atoms with Crippen molar-refractivity contribution in [3.8, 4) is 17.2 Å². The third-order valence-electron chi connectivity index (χ3n) is 3.64. The zero-order valence-corrected chi connectivity index (χ0v) is 16.6. The van der Waals surface area contributed by atoms with E-state index in [0.717, 1.165) is 17.3 Å². The third kappa shape index (κ3) is 5.21. The number of carbonyl (C=O) groups is 2. The SMILES string of the molecule is CCOc1cc(/C=C2\SC(=O)NC2=O)ccc1OCCOc1ccccc1Cl. The van der Waals surface area contributed by atoms with Crippen molar-refractivity contribution in [1.82, 2.24) is 5.32 Å². The van der Waals surface area contributed by atoms with Crippen LogP contribution in [0, 0.1) is 0 Å². The molecule has 6 nitrogen and oxygen atoms in total. The van der Waals surface area contributed by atoms with Crippen molar-refractivity contribution >= 4 is 40.6 Å². The molecule has 0 aliphatic carbocycles.